The number of halogens is 1. The Balaban J connectivity index is 1.73. The number of pyridine rings is 2. The fraction of sp³-hybridized carbons (Fsp3) is 0.385. The lowest BCUT2D eigenvalue weighted by molar-refractivity contribution is 0.0364. The molecule has 1 amide bonds. The van der Waals surface area contributed by atoms with Crippen molar-refractivity contribution in [2.45, 2.75) is 20.4 Å². The summed E-state index contributed by atoms with van der Waals surface area (Å²) in [5.74, 6) is 0.809. The number of aromatic nitrogens is 4. The Hall–Kier alpha value is -3.47. The highest BCUT2D eigenvalue weighted by Gasteiger charge is 2.22. The number of morpholine rings is 1. The molecule has 3 aromatic heterocycles. The predicted octanol–water partition coefficient (Wildman–Crippen LogP) is 2.99. The van der Waals surface area contributed by atoms with E-state index in [4.69, 9.17) is 21.1 Å². The second kappa shape index (κ2) is 10.5. The second-order valence-corrected chi connectivity index (χ2v) is 9.33. The van der Waals surface area contributed by atoms with Crippen molar-refractivity contribution in [3.8, 4) is 16.9 Å². The fourth-order valence-electron chi connectivity index (χ4n) is 4.74. The third-order valence-corrected chi connectivity index (χ3v) is 6.99. The van der Waals surface area contributed by atoms with Gasteiger partial charge in [-0.2, -0.15) is 0 Å². The van der Waals surface area contributed by atoms with Crippen LogP contribution in [0.2, 0.25) is 5.02 Å². The molecule has 0 radical (unpaired) electrons. The fourth-order valence-corrected chi connectivity index (χ4v) is 5.04. The number of carbonyl (C=O) groups excluding carboxylic acids is 1. The molecule has 1 fully saturated rings. The lowest BCUT2D eigenvalue weighted by Gasteiger charge is -2.27. The van der Waals surface area contributed by atoms with Crippen LogP contribution >= 0.6 is 11.6 Å². The molecule has 5 rings (SSSR count). The first kappa shape index (κ1) is 25.2. The van der Waals surface area contributed by atoms with Gasteiger partial charge in [-0.15, -0.1) is 0 Å². The number of nitrogens with zero attached hydrogens (tertiary/aromatic N) is 4. The molecule has 11 heteroatoms. The van der Waals surface area contributed by atoms with E-state index in [0.717, 1.165) is 24.0 Å². The quantitative estimate of drug-likeness (QED) is 0.382. The number of benzene rings is 1. The largest absolute Gasteiger partial charge is 0.497 e. The van der Waals surface area contributed by atoms with E-state index in [1.807, 2.05) is 13.8 Å². The van der Waals surface area contributed by atoms with E-state index >= 15 is 0 Å². The van der Waals surface area contributed by atoms with Gasteiger partial charge in [-0.25, -0.2) is 9.97 Å². The van der Waals surface area contributed by atoms with Gasteiger partial charge in [0.05, 0.1) is 36.4 Å². The summed E-state index contributed by atoms with van der Waals surface area (Å²) in [6.07, 6.45) is 1.71. The number of fused-ring (bicyclic) bond motifs is 3. The van der Waals surface area contributed by atoms with Gasteiger partial charge in [-0.3, -0.25) is 14.5 Å². The van der Waals surface area contributed by atoms with Crippen molar-refractivity contribution in [2.75, 3.05) is 46.5 Å². The van der Waals surface area contributed by atoms with E-state index in [1.165, 1.54) is 7.11 Å². The van der Waals surface area contributed by atoms with Gasteiger partial charge in [0.15, 0.2) is 5.65 Å². The number of aromatic amines is 1. The van der Waals surface area contributed by atoms with Gasteiger partial charge in [0.25, 0.3) is 11.5 Å². The minimum atomic E-state index is -0.336. The van der Waals surface area contributed by atoms with Crippen LogP contribution in [0.3, 0.4) is 0 Å². The lowest BCUT2D eigenvalue weighted by Crippen LogP contribution is -2.39. The van der Waals surface area contributed by atoms with Gasteiger partial charge >= 0.3 is 0 Å². The van der Waals surface area contributed by atoms with Crippen molar-refractivity contribution in [3.63, 3.8) is 0 Å². The first-order valence-electron chi connectivity index (χ1n) is 12.3. The molecule has 4 aromatic rings. The molecule has 37 heavy (non-hydrogen) atoms. The van der Waals surface area contributed by atoms with Crippen LogP contribution in [-0.4, -0.2) is 76.8 Å². The predicted molar refractivity (Wildman–Crippen MR) is 143 cm³/mol. The molecule has 1 aliphatic heterocycles. The molecular formula is C26H29ClN6O4. The SMILES string of the molecule is CCNC(=O)c1cc(OC)cc(-c2cc3cnc4nc(C)[nH]c4c3n(CCN3CCOCC3)c2=O)c1Cl. The van der Waals surface area contributed by atoms with E-state index in [1.54, 1.807) is 29.0 Å². The number of H-pyrrole nitrogens is 1. The van der Waals surface area contributed by atoms with Crippen molar-refractivity contribution in [3.05, 3.63) is 51.2 Å². The zero-order valence-electron chi connectivity index (χ0n) is 21.1. The summed E-state index contributed by atoms with van der Waals surface area (Å²) in [5, 5.41) is 3.71. The Labute approximate surface area is 218 Å². The van der Waals surface area contributed by atoms with Gasteiger partial charge < -0.3 is 24.3 Å². The average molecular weight is 525 g/mol. The summed E-state index contributed by atoms with van der Waals surface area (Å²) >= 11 is 6.76. The minimum absolute atomic E-state index is 0.189. The number of ether oxygens (including phenoxy) is 2. The first-order valence-corrected chi connectivity index (χ1v) is 12.6. The van der Waals surface area contributed by atoms with E-state index in [-0.39, 0.29) is 22.1 Å². The van der Waals surface area contributed by atoms with Crippen LogP contribution in [-0.2, 0) is 11.3 Å². The maximum atomic E-state index is 14.1. The summed E-state index contributed by atoms with van der Waals surface area (Å²) < 4.78 is 12.7. The molecule has 0 saturated carbocycles. The number of aryl methyl sites for hydroxylation is 1. The number of amides is 1. The molecule has 0 atom stereocenters. The monoisotopic (exact) mass is 524 g/mol. The zero-order valence-corrected chi connectivity index (χ0v) is 21.8. The van der Waals surface area contributed by atoms with Gasteiger partial charge in [0, 0.05) is 55.4 Å². The standard InChI is InChI=1S/C26H29ClN6O4/c1-4-28-25(34)20-13-17(36-3)12-18(21(20)27)19-11-16-14-29-24-22(30-15(2)31-24)23(16)33(26(19)35)6-5-32-7-9-37-10-8-32/h11-14H,4-10H2,1-3H3,(H,28,34)(H,29,30,31). The van der Waals surface area contributed by atoms with Crippen LogP contribution in [0.4, 0.5) is 0 Å². The van der Waals surface area contributed by atoms with E-state index in [0.29, 0.717) is 66.7 Å². The Kier molecular flexibility index (Phi) is 7.14. The summed E-state index contributed by atoms with van der Waals surface area (Å²) in [6.45, 7) is 8.22. The van der Waals surface area contributed by atoms with Gasteiger partial charge in [-0.1, -0.05) is 11.6 Å². The molecule has 4 heterocycles. The average Bonchev–Trinajstić information content (AvgIpc) is 3.29. The second-order valence-electron chi connectivity index (χ2n) is 8.95. The first-order chi connectivity index (χ1) is 17.9. The van der Waals surface area contributed by atoms with Crippen LogP contribution in [0.5, 0.6) is 5.75 Å². The van der Waals surface area contributed by atoms with E-state index in [2.05, 4.69) is 25.2 Å². The van der Waals surface area contributed by atoms with Crippen LogP contribution in [0.25, 0.3) is 33.2 Å². The number of nitrogens with one attached hydrogen (secondary N) is 2. The topological polar surface area (TPSA) is 114 Å². The van der Waals surface area contributed by atoms with Gasteiger partial charge in [0.2, 0.25) is 0 Å². The van der Waals surface area contributed by atoms with Crippen molar-refractivity contribution >= 4 is 39.6 Å². The third-order valence-electron chi connectivity index (χ3n) is 6.58. The molecule has 0 unspecified atom stereocenters. The van der Waals surface area contributed by atoms with Crippen LogP contribution in [0, 0.1) is 6.92 Å². The molecule has 1 aliphatic rings. The van der Waals surface area contributed by atoms with Crippen molar-refractivity contribution in [1.82, 2.24) is 29.7 Å². The summed E-state index contributed by atoms with van der Waals surface area (Å²) in [4.78, 5) is 41.4. The summed E-state index contributed by atoms with van der Waals surface area (Å²) in [6, 6.07) is 5.03. The Morgan fingerprint density at radius 2 is 2.00 bits per heavy atom. The molecule has 0 aliphatic carbocycles. The normalized spacial score (nSPS) is 14.4. The van der Waals surface area contributed by atoms with Crippen molar-refractivity contribution in [1.29, 1.82) is 0 Å². The molecule has 2 N–H and O–H groups in total. The van der Waals surface area contributed by atoms with Crippen molar-refractivity contribution < 1.29 is 14.3 Å². The van der Waals surface area contributed by atoms with Crippen LogP contribution < -0.4 is 15.6 Å². The van der Waals surface area contributed by atoms with Crippen molar-refractivity contribution in [2.24, 2.45) is 0 Å². The molecule has 1 aromatic carbocycles. The number of methoxy groups -OCH3 is 1. The number of rotatable bonds is 7. The Morgan fingerprint density at radius 1 is 1.22 bits per heavy atom. The third kappa shape index (κ3) is 4.79. The van der Waals surface area contributed by atoms with Gasteiger partial charge in [0.1, 0.15) is 17.1 Å². The summed E-state index contributed by atoms with van der Waals surface area (Å²) in [7, 11) is 1.51. The highest BCUT2D eigenvalue weighted by Crippen LogP contribution is 2.35. The molecule has 0 spiro atoms. The maximum Gasteiger partial charge on any atom is 0.259 e. The zero-order chi connectivity index (χ0) is 26.1. The Bertz CT molecular complexity index is 1540. The van der Waals surface area contributed by atoms with Gasteiger partial charge in [-0.05, 0) is 32.0 Å². The van der Waals surface area contributed by atoms with E-state index < -0.39 is 0 Å². The molecule has 1 saturated heterocycles. The summed E-state index contributed by atoms with van der Waals surface area (Å²) in [5.41, 5.74) is 2.80. The number of hydrogen-bond acceptors (Lipinski definition) is 7. The highest BCUT2D eigenvalue weighted by atomic mass is 35.5. The molecule has 10 nitrogen and oxygen atoms in total. The lowest BCUT2D eigenvalue weighted by atomic mass is 10.0. The number of imidazole rings is 1. The molecule has 0 bridgehead atoms. The molecular weight excluding hydrogens is 496 g/mol. The Morgan fingerprint density at radius 3 is 2.73 bits per heavy atom. The number of carbonyl (C=O) groups is 1. The van der Waals surface area contributed by atoms with Crippen LogP contribution in [0.1, 0.15) is 23.1 Å². The smallest absolute Gasteiger partial charge is 0.259 e. The van der Waals surface area contributed by atoms with Crippen LogP contribution in [0.15, 0.2) is 29.2 Å². The number of hydrogen-bond donors (Lipinski definition) is 2. The molecule has 194 valence electrons. The van der Waals surface area contributed by atoms with E-state index in [9.17, 15) is 9.59 Å². The maximum absolute atomic E-state index is 14.1. The minimum Gasteiger partial charge on any atom is -0.497 e. The highest BCUT2D eigenvalue weighted by molar-refractivity contribution is 6.36.